The maximum absolute atomic E-state index is 12.4. The number of ether oxygens (including phenoxy) is 1. The van der Waals surface area contributed by atoms with Crippen LogP contribution in [0.5, 0.6) is 5.75 Å². The van der Waals surface area contributed by atoms with Crippen LogP contribution in [-0.2, 0) is 13.0 Å². The number of fused-ring (bicyclic) bond motifs is 1. The van der Waals surface area contributed by atoms with Crippen molar-refractivity contribution < 1.29 is 9.53 Å². The number of methoxy groups -OCH3 is 1. The number of carbonyl (C=O) groups excluding carboxylic acids is 1. The lowest BCUT2D eigenvalue weighted by atomic mass is 10.1. The van der Waals surface area contributed by atoms with E-state index in [2.05, 4.69) is 41.1 Å². The molecule has 5 nitrogen and oxygen atoms in total. The van der Waals surface area contributed by atoms with E-state index < -0.39 is 0 Å². The first-order valence-corrected chi connectivity index (χ1v) is 13.1. The van der Waals surface area contributed by atoms with Crippen LogP contribution in [0.25, 0.3) is 11.0 Å². The Morgan fingerprint density at radius 1 is 0.882 bits per heavy atom. The van der Waals surface area contributed by atoms with Gasteiger partial charge in [-0.25, -0.2) is 4.98 Å². The summed E-state index contributed by atoms with van der Waals surface area (Å²) in [6.07, 6.45) is 13.3. The Labute approximate surface area is 204 Å². The number of benzene rings is 2. The Hall–Kier alpha value is -2.82. The summed E-state index contributed by atoms with van der Waals surface area (Å²) >= 11 is 0. The van der Waals surface area contributed by atoms with E-state index in [1.165, 1.54) is 56.3 Å². The number of aromatic nitrogens is 2. The number of rotatable bonds is 16. The summed E-state index contributed by atoms with van der Waals surface area (Å²) in [6, 6.07) is 15.8. The van der Waals surface area contributed by atoms with Crippen molar-refractivity contribution in [1.29, 1.82) is 0 Å². The van der Waals surface area contributed by atoms with Crippen molar-refractivity contribution in [2.24, 2.45) is 0 Å². The van der Waals surface area contributed by atoms with Gasteiger partial charge in [0.05, 0.1) is 23.7 Å². The monoisotopic (exact) mass is 463 g/mol. The van der Waals surface area contributed by atoms with Crippen LogP contribution in [0.3, 0.4) is 0 Å². The number of hydrogen-bond donors (Lipinski definition) is 1. The van der Waals surface area contributed by atoms with E-state index in [4.69, 9.17) is 9.72 Å². The van der Waals surface area contributed by atoms with Gasteiger partial charge >= 0.3 is 0 Å². The highest BCUT2D eigenvalue weighted by atomic mass is 16.5. The van der Waals surface area contributed by atoms with Crippen LogP contribution in [0.1, 0.15) is 87.3 Å². The molecule has 0 fully saturated rings. The Kier molecular flexibility index (Phi) is 11.0. The maximum Gasteiger partial charge on any atom is 0.255 e. The molecule has 0 bridgehead atoms. The van der Waals surface area contributed by atoms with Gasteiger partial charge in [-0.3, -0.25) is 4.79 Å². The molecule has 0 aliphatic carbocycles. The molecule has 0 radical (unpaired) electrons. The predicted molar refractivity (Wildman–Crippen MR) is 141 cm³/mol. The molecule has 3 rings (SSSR count). The number of imidazole rings is 1. The van der Waals surface area contributed by atoms with Crippen LogP contribution in [0.2, 0.25) is 0 Å². The Balaban J connectivity index is 1.43. The summed E-state index contributed by atoms with van der Waals surface area (Å²) in [5, 5.41) is 3.02. The lowest BCUT2D eigenvalue weighted by molar-refractivity contribution is 0.0950. The third-order valence-corrected chi connectivity index (χ3v) is 6.43. The molecule has 34 heavy (non-hydrogen) atoms. The first-order chi connectivity index (χ1) is 16.7. The summed E-state index contributed by atoms with van der Waals surface area (Å²) < 4.78 is 7.72. The fraction of sp³-hybridized carbons (Fsp3) is 0.517. The highest BCUT2D eigenvalue weighted by Crippen LogP contribution is 2.20. The van der Waals surface area contributed by atoms with Gasteiger partial charge in [0.15, 0.2) is 0 Å². The number of aryl methyl sites for hydroxylation is 2. The molecule has 0 spiro atoms. The lowest BCUT2D eigenvalue weighted by Gasteiger charge is -2.10. The van der Waals surface area contributed by atoms with Gasteiger partial charge in [0, 0.05) is 19.5 Å². The summed E-state index contributed by atoms with van der Waals surface area (Å²) in [5.74, 6) is 1.74. The van der Waals surface area contributed by atoms with Crippen LogP contribution in [-0.4, -0.2) is 29.1 Å². The highest BCUT2D eigenvalue weighted by Gasteiger charge is 2.12. The van der Waals surface area contributed by atoms with Crippen LogP contribution in [0.15, 0.2) is 48.5 Å². The fourth-order valence-corrected chi connectivity index (χ4v) is 4.51. The minimum absolute atomic E-state index is 0.0751. The smallest absolute Gasteiger partial charge is 0.255 e. The molecule has 0 saturated carbocycles. The zero-order chi connectivity index (χ0) is 24.0. The van der Waals surface area contributed by atoms with Gasteiger partial charge in [0.1, 0.15) is 11.6 Å². The maximum atomic E-state index is 12.4. The van der Waals surface area contributed by atoms with Crippen molar-refractivity contribution in [1.82, 2.24) is 14.9 Å². The van der Waals surface area contributed by atoms with Gasteiger partial charge in [-0.15, -0.1) is 0 Å². The van der Waals surface area contributed by atoms with Gasteiger partial charge in [-0.05, 0) is 43.5 Å². The number of hydrogen-bond acceptors (Lipinski definition) is 3. The molecule has 0 unspecified atom stereocenters. The molecule has 0 aliphatic heterocycles. The number of para-hydroxylation sites is 3. The second kappa shape index (κ2) is 14.4. The molecular weight excluding hydrogens is 422 g/mol. The lowest BCUT2D eigenvalue weighted by Crippen LogP contribution is -2.24. The summed E-state index contributed by atoms with van der Waals surface area (Å²) in [7, 11) is 1.59. The molecule has 1 N–H and O–H groups in total. The SMILES string of the molecule is CCCCCCCCCn1c(CCCCCNC(=O)c2ccccc2OC)nc2ccccc21. The number of nitrogens with zero attached hydrogens (tertiary/aromatic N) is 2. The summed E-state index contributed by atoms with van der Waals surface area (Å²) in [5.41, 5.74) is 2.95. The van der Waals surface area contributed by atoms with Crippen molar-refractivity contribution in [2.45, 2.75) is 84.1 Å². The van der Waals surface area contributed by atoms with E-state index in [-0.39, 0.29) is 5.91 Å². The van der Waals surface area contributed by atoms with Crippen molar-refractivity contribution in [3.05, 3.63) is 59.9 Å². The van der Waals surface area contributed by atoms with Crippen molar-refractivity contribution in [3.8, 4) is 5.75 Å². The van der Waals surface area contributed by atoms with Gasteiger partial charge in [-0.2, -0.15) is 0 Å². The largest absolute Gasteiger partial charge is 0.496 e. The van der Waals surface area contributed by atoms with E-state index in [0.717, 1.165) is 37.7 Å². The van der Waals surface area contributed by atoms with Gasteiger partial charge < -0.3 is 14.6 Å². The molecular formula is C29H41N3O2. The van der Waals surface area contributed by atoms with Gasteiger partial charge in [0.2, 0.25) is 0 Å². The van der Waals surface area contributed by atoms with Crippen molar-refractivity contribution in [3.63, 3.8) is 0 Å². The second-order valence-electron chi connectivity index (χ2n) is 9.06. The number of carbonyl (C=O) groups is 1. The average Bonchev–Trinajstić information content (AvgIpc) is 3.22. The fourth-order valence-electron chi connectivity index (χ4n) is 4.51. The van der Waals surface area contributed by atoms with Crippen LogP contribution < -0.4 is 10.1 Å². The average molecular weight is 464 g/mol. The van der Waals surface area contributed by atoms with Crippen LogP contribution in [0.4, 0.5) is 0 Å². The van der Waals surface area contributed by atoms with E-state index >= 15 is 0 Å². The van der Waals surface area contributed by atoms with E-state index in [1.807, 2.05) is 18.2 Å². The zero-order valence-electron chi connectivity index (χ0n) is 21.0. The quantitative estimate of drug-likeness (QED) is 0.234. The molecule has 1 amide bonds. The minimum Gasteiger partial charge on any atom is -0.496 e. The Morgan fingerprint density at radius 3 is 2.41 bits per heavy atom. The first-order valence-electron chi connectivity index (χ1n) is 13.1. The number of amides is 1. The molecule has 1 aromatic heterocycles. The molecule has 5 heteroatoms. The molecule has 3 aromatic rings. The van der Waals surface area contributed by atoms with Crippen LogP contribution in [0, 0.1) is 0 Å². The van der Waals surface area contributed by atoms with Crippen LogP contribution >= 0.6 is 0 Å². The first kappa shape index (κ1) is 25.8. The minimum atomic E-state index is -0.0751. The number of nitrogens with one attached hydrogen (secondary N) is 1. The third kappa shape index (κ3) is 7.61. The second-order valence-corrected chi connectivity index (χ2v) is 9.06. The molecule has 2 aromatic carbocycles. The van der Waals surface area contributed by atoms with Crippen molar-refractivity contribution >= 4 is 16.9 Å². The molecule has 184 valence electrons. The third-order valence-electron chi connectivity index (χ3n) is 6.43. The molecule has 0 saturated heterocycles. The summed E-state index contributed by atoms with van der Waals surface area (Å²) in [4.78, 5) is 17.4. The molecule has 0 aliphatic rings. The molecule has 1 heterocycles. The molecule has 0 atom stereocenters. The topological polar surface area (TPSA) is 56.2 Å². The Bertz CT molecular complexity index is 1010. The highest BCUT2D eigenvalue weighted by molar-refractivity contribution is 5.96. The number of unbranched alkanes of at least 4 members (excludes halogenated alkanes) is 8. The standard InChI is InChI=1S/C29H41N3O2/c1-3-4-5-6-7-8-16-23-32-26-19-13-12-18-25(26)31-28(32)21-10-9-15-22-30-29(33)24-17-11-14-20-27(24)34-2/h11-14,17-20H,3-10,15-16,21-23H2,1-2H3,(H,30,33). The Morgan fingerprint density at radius 2 is 1.59 bits per heavy atom. The van der Waals surface area contributed by atoms with E-state index in [1.54, 1.807) is 13.2 Å². The van der Waals surface area contributed by atoms with Gasteiger partial charge in [-0.1, -0.05) is 76.1 Å². The van der Waals surface area contributed by atoms with E-state index in [9.17, 15) is 4.79 Å². The van der Waals surface area contributed by atoms with Crippen molar-refractivity contribution in [2.75, 3.05) is 13.7 Å². The zero-order valence-corrected chi connectivity index (χ0v) is 21.0. The van der Waals surface area contributed by atoms with E-state index in [0.29, 0.717) is 17.9 Å². The normalized spacial score (nSPS) is 11.1. The van der Waals surface area contributed by atoms with Gasteiger partial charge in [0.25, 0.3) is 5.91 Å². The predicted octanol–water partition coefficient (Wildman–Crippen LogP) is 6.94. The summed E-state index contributed by atoms with van der Waals surface area (Å²) in [6.45, 7) is 3.99.